The van der Waals surface area contributed by atoms with E-state index in [0.717, 1.165) is 39.3 Å². The van der Waals surface area contributed by atoms with Crippen LogP contribution in [0, 0.1) is 0 Å². The number of halogens is 4. The van der Waals surface area contributed by atoms with Gasteiger partial charge in [-0.15, -0.1) is 0 Å². The summed E-state index contributed by atoms with van der Waals surface area (Å²) < 4.78 is 51.1. The zero-order chi connectivity index (χ0) is 38.6. The van der Waals surface area contributed by atoms with Gasteiger partial charge in [-0.1, -0.05) is 74.1 Å². The molecule has 0 aliphatic carbocycles. The minimum absolute atomic E-state index is 0. The minimum atomic E-state index is -3.56. The number of hydrogen-bond donors (Lipinski definition) is 2. The zero-order valence-electron chi connectivity index (χ0n) is 30.6. The molecule has 2 heterocycles. The van der Waals surface area contributed by atoms with Gasteiger partial charge in [-0.25, -0.2) is 26.4 Å². The van der Waals surface area contributed by atoms with Gasteiger partial charge in [-0.2, -0.15) is 0 Å². The first-order valence-corrected chi connectivity index (χ1v) is 22.1. The average molecular weight is 863 g/mol. The maximum Gasteiger partial charge on any atom is 0.317 e. The molecule has 2 aromatic rings. The fourth-order valence-electron chi connectivity index (χ4n) is 5.97. The Morgan fingerprint density at radius 1 is 0.642 bits per heavy atom. The standard InChI is InChI=1S/2C17H25Cl2N3O3S.H2O/c2*1-3-21(4-2)10-8-20-17(23)22-9-7-14(12-22)26(24,25)13-5-6-15(18)16(19)11-13;/h2*5-6,11,14H,3-4,7-10,12H2,1-2H3,(H,20,23);1H2. The third-order valence-electron chi connectivity index (χ3n) is 9.38. The molecule has 0 bridgehead atoms. The monoisotopic (exact) mass is 860 g/mol. The molecule has 300 valence electrons. The number of carbonyl (C=O) groups excluding carboxylic acids is 2. The van der Waals surface area contributed by atoms with Gasteiger partial charge in [0.2, 0.25) is 0 Å². The molecule has 0 aromatic heterocycles. The van der Waals surface area contributed by atoms with Gasteiger partial charge in [0.15, 0.2) is 19.7 Å². The summed E-state index contributed by atoms with van der Waals surface area (Å²) in [7, 11) is -7.12. The Labute approximate surface area is 334 Å². The lowest BCUT2D eigenvalue weighted by Crippen LogP contribution is -2.42. The van der Waals surface area contributed by atoms with Crippen LogP contribution in [-0.2, 0) is 19.7 Å². The predicted octanol–water partition coefficient (Wildman–Crippen LogP) is 4.96. The molecule has 53 heavy (non-hydrogen) atoms. The number of rotatable bonds is 14. The maximum absolute atomic E-state index is 12.8. The summed E-state index contributed by atoms with van der Waals surface area (Å²) in [6.07, 6.45) is 0.818. The van der Waals surface area contributed by atoms with E-state index in [-0.39, 0.29) is 50.5 Å². The number of hydrogen-bond acceptors (Lipinski definition) is 8. The van der Waals surface area contributed by atoms with E-state index in [0.29, 0.717) is 49.1 Å². The Hall–Kier alpha value is -2.08. The van der Waals surface area contributed by atoms with Crippen molar-refractivity contribution >= 4 is 78.1 Å². The van der Waals surface area contributed by atoms with Crippen LogP contribution in [0.1, 0.15) is 40.5 Å². The fraction of sp³-hybridized carbons (Fsp3) is 0.588. The van der Waals surface area contributed by atoms with Crippen LogP contribution in [-0.4, -0.2) is 143 Å². The zero-order valence-corrected chi connectivity index (χ0v) is 35.2. The summed E-state index contributed by atoms with van der Waals surface area (Å²) in [5.41, 5.74) is 0. The number of nitrogens with one attached hydrogen (secondary N) is 2. The lowest BCUT2D eigenvalue weighted by Gasteiger charge is -2.21. The molecule has 2 aliphatic rings. The molecule has 19 heteroatoms. The highest BCUT2D eigenvalue weighted by atomic mass is 35.5. The van der Waals surface area contributed by atoms with Gasteiger partial charge in [0.05, 0.1) is 40.4 Å². The summed E-state index contributed by atoms with van der Waals surface area (Å²) in [6, 6.07) is 8.16. The Balaban J connectivity index is 0.000000360. The molecule has 2 unspecified atom stereocenters. The van der Waals surface area contributed by atoms with Crippen LogP contribution in [0.5, 0.6) is 0 Å². The largest absolute Gasteiger partial charge is 0.412 e. The molecular weight excluding hydrogens is 810 g/mol. The van der Waals surface area contributed by atoms with Crippen LogP contribution in [0.3, 0.4) is 0 Å². The Bertz CT molecular complexity index is 1610. The molecule has 2 aliphatic heterocycles. The van der Waals surface area contributed by atoms with Crippen molar-refractivity contribution in [2.75, 3.05) is 78.5 Å². The molecule has 4 amide bonds. The minimum Gasteiger partial charge on any atom is -0.412 e. The molecule has 0 spiro atoms. The second kappa shape index (κ2) is 21.9. The molecule has 2 aromatic carbocycles. The summed E-state index contributed by atoms with van der Waals surface area (Å²) in [5, 5.41) is 5.50. The van der Waals surface area contributed by atoms with E-state index in [2.05, 4.69) is 48.1 Å². The lowest BCUT2D eigenvalue weighted by atomic mass is 10.4. The Morgan fingerprint density at radius 3 is 1.28 bits per heavy atom. The molecule has 0 radical (unpaired) electrons. The third kappa shape index (κ3) is 13.0. The fourth-order valence-corrected chi connectivity index (χ4v) is 10.1. The van der Waals surface area contributed by atoms with Crippen molar-refractivity contribution in [1.82, 2.24) is 30.2 Å². The number of urea groups is 2. The van der Waals surface area contributed by atoms with E-state index in [1.54, 1.807) is 9.80 Å². The number of benzene rings is 2. The average Bonchev–Trinajstić information content (AvgIpc) is 3.83. The van der Waals surface area contributed by atoms with E-state index >= 15 is 0 Å². The number of amides is 4. The van der Waals surface area contributed by atoms with Crippen molar-refractivity contribution in [2.24, 2.45) is 0 Å². The molecular formula is C34H52Cl4N6O7S2. The van der Waals surface area contributed by atoms with Gasteiger partial charge in [-0.3, -0.25) is 0 Å². The smallest absolute Gasteiger partial charge is 0.317 e. The van der Waals surface area contributed by atoms with E-state index < -0.39 is 30.2 Å². The van der Waals surface area contributed by atoms with E-state index in [1.165, 1.54) is 36.4 Å². The van der Waals surface area contributed by atoms with Gasteiger partial charge in [0, 0.05) is 52.4 Å². The first kappa shape index (κ1) is 47.1. The van der Waals surface area contributed by atoms with Crippen LogP contribution < -0.4 is 10.6 Å². The maximum atomic E-state index is 12.8. The molecule has 4 rings (SSSR count). The molecule has 13 nitrogen and oxygen atoms in total. The normalized spacial score (nSPS) is 17.4. The van der Waals surface area contributed by atoms with Crippen molar-refractivity contribution in [2.45, 2.75) is 60.8 Å². The highest BCUT2D eigenvalue weighted by molar-refractivity contribution is 7.92. The summed E-state index contributed by atoms with van der Waals surface area (Å²) in [4.78, 5) is 32.4. The second-order valence-corrected chi connectivity index (χ2v) is 18.6. The second-order valence-electron chi connectivity index (χ2n) is 12.5. The molecule has 0 saturated carbocycles. The van der Waals surface area contributed by atoms with Gasteiger partial charge in [0.25, 0.3) is 0 Å². The SMILES string of the molecule is CCN(CC)CCNC(=O)N1CCC(S(=O)(=O)c2ccc(Cl)c(Cl)c2)C1.CCN(CC)CCNC(=O)N1CCC(S(=O)(=O)c2ccc(Cl)c(Cl)c2)C1.O. The predicted molar refractivity (Wildman–Crippen MR) is 213 cm³/mol. The number of sulfone groups is 2. The van der Waals surface area contributed by atoms with Crippen LogP contribution >= 0.6 is 46.4 Å². The van der Waals surface area contributed by atoms with E-state index in [9.17, 15) is 26.4 Å². The van der Waals surface area contributed by atoms with Crippen molar-refractivity contribution in [3.05, 3.63) is 56.5 Å². The highest BCUT2D eigenvalue weighted by Gasteiger charge is 2.37. The summed E-state index contributed by atoms with van der Waals surface area (Å²) in [6.45, 7) is 15.9. The number of nitrogens with zero attached hydrogens (tertiary/aromatic N) is 4. The lowest BCUT2D eigenvalue weighted by molar-refractivity contribution is 0.205. The molecule has 2 atom stereocenters. The topological polar surface area (TPSA) is 171 Å². The quantitative estimate of drug-likeness (QED) is 0.269. The number of likely N-dealkylation sites (tertiary alicyclic amines) is 2. The van der Waals surface area contributed by atoms with Gasteiger partial charge >= 0.3 is 12.1 Å². The number of likely N-dealkylation sites (N-methyl/N-ethyl adjacent to an activating group) is 2. The van der Waals surface area contributed by atoms with Gasteiger partial charge in [-0.05, 0) is 75.4 Å². The molecule has 2 fully saturated rings. The summed E-state index contributed by atoms with van der Waals surface area (Å²) >= 11 is 23.6. The summed E-state index contributed by atoms with van der Waals surface area (Å²) in [5.74, 6) is 0. The first-order valence-electron chi connectivity index (χ1n) is 17.5. The van der Waals surface area contributed by atoms with Crippen molar-refractivity contribution < 1.29 is 31.9 Å². The van der Waals surface area contributed by atoms with Crippen LogP contribution in [0.25, 0.3) is 0 Å². The highest BCUT2D eigenvalue weighted by Crippen LogP contribution is 2.31. The first-order chi connectivity index (χ1) is 24.6. The van der Waals surface area contributed by atoms with Crippen molar-refractivity contribution in [3.63, 3.8) is 0 Å². The Kier molecular flexibility index (Phi) is 19.4. The van der Waals surface area contributed by atoms with Crippen molar-refractivity contribution in [1.29, 1.82) is 0 Å². The van der Waals surface area contributed by atoms with Crippen LogP contribution in [0.15, 0.2) is 46.2 Å². The van der Waals surface area contributed by atoms with Crippen LogP contribution in [0.2, 0.25) is 20.1 Å². The van der Waals surface area contributed by atoms with Crippen LogP contribution in [0.4, 0.5) is 9.59 Å². The number of carbonyl (C=O) groups is 2. The van der Waals surface area contributed by atoms with E-state index in [4.69, 9.17) is 46.4 Å². The van der Waals surface area contributed by atoms with E-state index in [1.807, 2.05) is 0 Å². The molecule has 2 saturated heterocycles. The Morgan fingerprint density at radius 2 is 0.981 bits per heavy atom. The van der Waals surface area contributed by atoms with Gasteiger partial charge < -0.3 is 35.7 Å². The molecule has 4 N–H and O–H groups in total. The van der Waals surface area contributed by atoms with Gasteiger partial charge in [0.1, 0.15) is 0 Å². The third-order valence-corrected chi connectivity index (χ3v) is 15.2. The van der Waals surface area contributed by atoms with Crippen molar-refractivity contribution in [3.8, 4) is 0 Å².